The highest BCUT2D eigenvalue weighted by Gasteiger charge is 2.18. The first kappa shape index (κ1) is 14.8. The Morgan fingerprint density at radius 1 is 1.09 bits per heavy atom. The van der Waals surface area contributed by atoms with Crippen LogP contribution in [0.4, 0.5) is 17.3 Å². The van der Waals surface area contributed by atoms with Crippen molar-refractivity contribution in [3.8, 4) is 0 Å². The van der Waals surface area contributed by atoms with Crippen molar-refractivity contribution in [1.29, 1.82) is 0 Å². The standard InChI is InChI=1S/C18H24N4/c1-13-7-9-22(10-8-13)18-12-17(19-15(3)20-18)21-16-6-4-5-14(2)11-16/h4-6,11-13H,7-10H2,1-3H3,(H,19,20,21). The maximum Gasteiger partial charge on any atom is 0.136 e. The lowest BCUT2D eigenvalue weighted by Gasteiger charge is -2.31. The highest BCUT2D eigenvalue weighted by molar-refractivity contribution is 5.60. The minimum atomic E-state index is 0.811. The van der Waals surface area contributed by atoms with Crippen molar-refractivity contribution >= 4 is 17.3 Å². The van der Waals surface area contributed by atoms with Gasteiger partial charge in [0, 0.05) is 24.8 Å². The van der Waals surface area contributed by atoms with Gasteiger partial charge in [-0.1, -0.05) is 19.1 Å². The minimum Gasteiger partial charge on any atom is -0.356 e. The van der Waals surface area contributed by atoms with Crippen LogP contribution in [0.2, 0.25) is 0 Å². The van der Waals surface area contributed by atoms with Crippen molar-refractivity contribution in [1.82, 2.24) is 9.97 Å². The average Bonchev–Trinajstić information content (AvgIpc) is 2.47. The van der Waals surface area contributed by atoms with Gasteiger partial charge in [0.1, 0.15) is 17.5 Å². The quantitative estimate of drug-likeness (QED) is 0.927. The summed E-state index contributed by atoms with van der Waals surface area (Å²) in [5, 5.41) is 3.40. The predicted octanol–water partition coefficient (Wildman–Crippen LogP) is 4.07. The summed E-state index contributed by atoms with van der Waals surface area (Å²) in [5.41, 5.74) is 2.30. The second kappa shape index (κ2) is 6.34. The molecule has 0 spiro atoms. The third-order valence-electron chi connectivity index (χ3n) is 4.22. The van der Waals surface area contributed by atoms with Crippen LogP contribution in [0.25, 0.3) is 0 Å². The lowest BCUT2D eigenvalue weighted by molar-refractivity contribution is 0.436. The first-order valence-electron chi connectivity index (χ1n) is 8.04. The van der Waals surface area contributed by atoms with Gasteiger partial charge in [-0.15, -0.1) is 0 Å². The van der Waals surface area contributed by atoms with Crippen LogP contribution in [0.5, 0.6) is 0 Å². The van der Waals surface area contributed by atoms with Crippen LogP contribution < -0.4 is 10.2 Å². The minimum absolute atomic E-state index is 0.811. The maximum atomic E-state index is 4.62. The molecule has 1 saturated heterocycles. The Morgan fingerprint density at radius 2 is 1.86 bits per heavy atom. The zero-order chi connectivity index (χ0) is 15.5. The fourth-order valence-electron chi connectivity index (χ4n) is 2.89. The number of hydrogen-bond acceptors (Lipinski definition) is 4. The van der Waals surface area contributed by atoms with E-state index in [9.17, 15) is 0 Å². The molecule has 1 aliphatic rings. The molecule has 1 aliphatic heterocycles. The number of rotatable bonds is 3. The fourth-order valence-corrected chi connectivity index (χ4v) is 2.89. The molecule has 0 aliphatic carbocycles. The van der Waals surface area contributed by atoms with Gasteiger partial charge < -0.3 is 10.2 Å². The van der Waals surface area contributed by atoms with E-state index in [1.54, 1.807) is 0 Å². The lowest BCUT2D eigenvalue weighted by Crippen LogP contribution is -2.33. The molecular formula is C18H24N4. The number of hydrogen-bond donors (Lipinski definition) is 1. The molecule has 1 fully saturated rings. The van der Waals surface area contributed by atoms with E-state index < -0.39 is 0 Å². The predicted molar refractivity (Wildman–Crippen MR) is 91.8 cm³/mol. The molecule has 2 aromatic rings. The van der Waals surface area contributed by atoms with Crippen molar-refractivity contribution in [2.45, 2.75) is 33.6 Å². The Morgan fingerprint density at radius 3 is 2.59 bits per heavy atom. The molecule has 116 valence electrons. The monoisotopic (exact) mass is 296 g/mol. The van der Waals surface area contributed by atoms with Gasteiger partial charge in [-0.2, -0.15) is 0 Å². The third-order valence-corrected chi connectivity index (χ3v) is 4.22. The number of aromatic nitrogens is 2. The molecule has 2 heterocycles. The highest BCUT2D eigenvalue weighted by atomic mass is 15.2. The van der Waals surface area contributed by atoms with Gasteiger partial charge >= 0.3 is 0 Å². The van der Waals surface area contributed by atoms with E-state index in [0.29, 0.717) is 0 Å². The summed E-state index contributed by atoms with van der Waals surface area (Å²) >= 11 is 0. The molecule has 0 amide bonds. The Labute approximate surface area is 132 Å². The number of nitrogens with zero attached hydrogens (tertiary/aromatic N) is 3. The lowest BCUT2D eigenvalue weighted by atomic mass is 9.99. The number of piperidine rings is 1. The fraction of sp³-hybridized carbons (Fsp3) is 0.444. The van der Waals surface area contributed by atoms with Gasteiger partial charge in [-0.05, 0) is 50.3 Å². The zero-order valence-electron chi connectivity index (χ0n) is 13.6. The molecule has 1 aromatic heterocycles. The Balaban J connectivity index is 1.80. The molecule has 0 bridgehead atoms. The van der Waals surface area contributed by atoms with Crippen molar-refractivity contribution in [3.05, 3.63) is 41.7 Å². The van der Waals surface area contributed by atoms with E-state index in [2.05, 4.69) is 64.4 Å². The van der Waals surface area contributed by atoms with Crippen LogP contribution in [-0.4, -0.2) is 23.1 Å². The first-order chi connectivity index (χ1) is 10.6. The van der Waals surface area contributed by atoms with Crippen molar-refractivity contribution in [2.75, 3.05) is 23.3 Å². The number of nitrogens with one attached hydrogen (secondary N) is 1. The van der Waals surface area contributed by atoms with E-state index in [4.69, 9.17) is 0 Å². The Bertz CT molecular complexity index is 645. The molecule has 0 saturated carbocycles. The van der Waals surface area contributed by atoms with E-state index >= 15 is 0 Å². The molecule has 0 atom stereocenters. The SMILES string of the molecule is Cc1cccc(Nc2cc(N3CCC(C)CC3)nc(C)n2)c1. The van der Waals surface area contributed by atoms with Crippen LogP contribution in [0.1, 0.15) is 31.2 Å². The van der Waals surface area contributed by atoms with Crippen molar-refractivity contribution in [2.24, 2.45) is 5.92 Å². The molecule has 1 N–H and O–H groups in total. The van der Waals surface area contributed by atoms with E-state index in [0.717, 1.165) is 42.2 Å². The van der Waals surface area contributed by atoms with Gasteiger partial charge in [-0.3, -0.25) is 0 Å². The van der Waals surface area contributed by atoms with E-state index in [-0.39, 0.29) is 0 Å². The van der Waals surface area contributed by atoms with Crippen molar-refractivity contribution in [3.63, 3.8) is 0 Å². The van der Waals surface area contributed by atoms with Gasteiger partial charge in [-0.25, -0.2) is 9.97 Å². The number of aryl methyl sites for hydroxylation is 2. The molecule has 0 radical (unpaired) electrons. The molecular weight excluding hydrogens is 272 g/mol. The topological polar surface area (TPSA) is 41.0 Å². The van der Waals surface area contributed by atoms with Crippen molar-refractivity contribution < 1.29 is 0 Å². The van der Waals surface area contributed by atoms with Crippen LogP contribution >= 0.6 is 0 Å². The smallest absolute Gasteiger partial charge is 0.136 e. The van der Waals surface area contributed by atoms with Crippen LogP contribution in [0, 0.1) is 19.8 Å². The maximum absolute atomic E-state index is 4.62. The second-order valence-corrected chi connectivity index (χ2v) is 6.32. The van der Waals surface area contributed by atoms with E-state index in [1.165, 1.54) is 18.4 Å². The number of benzene rings is 1. The zero-order valence-corrected chi connectivity index (χ0v) is 13.6. The molecule has 22 heavy (non-hydrogen) atoms. The summed E-state index contributed by atoms with van der Waals surface area (Å²) in [7, 11) is 0. The summed E-state index contributed by atoms with van der Waals surface area (Å²) in [6, 6.07) is 10.4. The molecule has 0 unspecified atom stereocenters. The Kier molecular flexibility index (Phi) is 4.27. The molecule has 4 nitrogen and oxygen atoms in total. The van der Waals surface area contributed by atoms with Crippen LogP contribution in [-0.2, 0) is 0 Å². The average molecular weight is 296 g/mol. The molecule has 1 aromatic carbocycles. The molecule has 4 heteroatoms. The number of anilines is 3. The van der Waals surface area contributed by atoms with E-state index in [1.807, 2.05) is 6.92 Å². The van der Waals surface area contributed by atoms with Gasteiger partial charge in [0.05, 0.1) is 0 Å². The summed E-state index contributed by atoms with van der Waals surface area (Å²) < 4.78 is 0. The molecule has 3 rings (SSSR count). The summed E-state index contributed by atoms with van der Waals surface area (Å²) in [6.07, 6.45) is 2.48. The summed E-state index contributed by atoms with van der Waals surface area (Å²) in [5.74, 6) is 3.54. The van der Waals surface area contributed by atoms with Crippen LogP contribution in [0.15, 0.2) is 30.3 Å². The third kappa shape index (κ3) is 3.56. The van der Waals surface area contributed by atoms with Crippen LogP contribution in [0.3, 0.4) is 0 Å². The van der Waals surface area contributed by atoms with Gasteiger partial charge in [0.2, 0.25) is 0 Å². The highest BCUT2D eigenvalue weighted by Crippen LogP contribution is 2.24. The van der Waals surface area contributed by atoms with Gasteiger partial charge in [0.15, 0.2) is 0 Å². The largest absolute Gasteiger partial charge is 0.356 e. The summed E-state index contributed by atoms with van der Waals surface area (Å²) in [4.78, 5) is 11.5. The first-order valence-corrected chi connectivity index (χ1v) is 8.04. The Hall–Kier alpha value is -2.10. The summed E-state index contributed by atoms with van der Waals surface area (Å²) in [6.45, 7) is 8.55. The second-order valence-electron chi connectivity index (χ2n) is 6.32. The normalized spacial score (nSPS) is 15.9. The van der Waals surface area contributed by atoms with Gasteiger partial charge in [0.25, 0.3) is 0 Å².